The number of rotatable bonds is 2. The summed E-state index contributed by atoms with van der Waals surface area (Å²) < 4.78 is 19.7. The van der Waals surface area contributed by atoms with Gasteiger partial charge < -0.3 is 9.30 Å². The molecule has 0 aliphatic carbocycles. The van der Waals surface area contributed by atoms with Crippen LogP contribution in [0.25, 0.3) is 0 Å². The van der Waals surface area contributed by atoms with Crippen molar-refractivity contribution < 1.29 is 9.30 Å². The number of hydrogen-bond donors (Lipinski definition) is 0. The molecule has 3 nitrogen and oxygen atoms in total. The Labute approximate surface area is 124 Å². The van der Waals surface area contributed by atoms with Crippen molar-refractivity contribution in [1.82, 2.24) is 0 Å². The molecule has 21 heavy (non-hydrogen) atoms. The number of hydrogen-bond acceptors (Lipinski definition) is 3. The molecule has 0 radical (unpaired) electrons. The fourth-order valence-electron chi connectivity index (χ4n) is 2.55. The van der Waals surface area contributed by atoms with Gasteiger partial charge in [0.25, 0.3) is 0 Å². The van der Waals surface area contributed by atoms with Crippen LogP contribution in [0.4, 0.5) is 0 Å². The number of allylic oxidation sites excluding steroid dienone is 1. The molecule has 0 aromatic heterocycles. The lowest BCUT2D eigenvalue weighted by Crippen LogP contribution is -2.27. The van der Waals surface area contributed by atoms with Gasteiger partial charge in [-0.05, 0) is 38.1 Å². The van der Waals surface area contributed by atoms with Gasteiger partial charge in [0, 0.05) is 5.70 Å². The van der Waals surface area contributed by atoms with Crippen LogP contribution in [0, 0.1) is 0 Å². The number of ether oxygens (including phenoxy) is 1. The normalized spacial score (nSPS) is 15.6. The van der Waals surface area contributed by atoms with E-state index < -0.39 is 7.14 Å². The molecule has 1 heterocycles. The molecular weight excluding hydrogens is 281 g/mol. The first kappa shape index (κ1) is 13.8. The number of nitrogens with zero attached hydrogens (tertiary/aromatic N) is 1. The van der Waals surface area contributed by atoms with Gasteiger partial charge in [-0.15, -0.1) is 0 Å². The molecule has 0 unspecified atom stereocenters. The van der Waals surface area contributed by atoms with Crippen molar-refractivity contribution in [2.45, 2.75) is 13.8 Å². The second-order valence-electron chi connectivity index (χ2n) is 5.04. The van der Waals surface area contributed by atoms with Crippen LogP contribution in [0.5, 0.6) is 11.5 Å². The van der Waals surface area contributed by atoms with Crippen LogP contribution in [-0.2, 0) is 4.57 Å². The van der Waals surface area contributed by atoms with Gasteiger partial charge in [-0.2, -0.15) is 0 Å². The molecule has 4 heteroatoms. The highest BCUT2D eigenvalue weighted by Gasteiger charge is 2.39. The Hall–Kier alpha value is -2.12. The minimum absolute atomic E-state index is 0.582. The average Bonchev–Trinajstić information content (AvgIpc) is 2.47. The van der Waals surface area contributed by atoms with Crippen LogP contribution >= 0.6 is 7.14 Å². The first-order valence-corrected chi connectivity index (χ1v) is 8.42. The highest BCUT2D eigenvalue weighted by Crippen LogP contribution is 2.53. The van der Waals surface area contributed by atoms with E-state index in [0.717, 1.165) is 0 Å². The monoisotopic (exact) mass is 297 g/mol. The van der Waals surface area contributed by atoms with E-state index in [9.17, 15) is 4.57 Å². The maximum absolute atomic E-state index is 13.9. The van der Waals surface area contributed by atoms with Gasteiger partial charge in [0.2, 0.25) is 0 Å². The molecule has 0 spiro atoms. The summed E-state index contributed by atoms with van der Waals surface area (Å²) in [5.74, 6) is 1.27. The first-order valence-electron chi connectivity index (χ1n) is 6.72. The molecular formula is C17H16NO2P. The second-order valence-corrected chi connectivity index (χ2v) is 7.87. The second kappa shape index (κ2) is 5.01. The van der Waals surface area contributed by atoms with Crippen molar-refractivity contribution in [3.05, 3.63) is 60.8 Å². The number of benzene rings is 2. The third-order valence-electron chi connectivity index (χ3n) is 3.44. The molecule has 3 rings (SSSR count). The number of para-hydroxylation sites is 2. The number of fused-ring (bicyclic) bond motifs is 2. The molecule has 106 valence electrons. The molecule has 0 saturated carbocycles. The standard InChI is InChI=1S/C17H16NO2P/c1-12(2)18-13(3)21(19)16-10-6-4-8-14(16)20-15-9-5-7-11-17(15)21/h4-11H,1H2,2-3H3. The van der Waals surface area contributed by atoms with Crippen molar-refractivity contribution >= 4 is 23.2 Å². The van der Waals surface area contributed by atoms with Gasteiger partial charge >= 0.3 is 0 Å². The molecule has 1 aliphatic rings. The smallest absolute Gasteiger partial charge is 0.191 e. The number of aliphatic imine (C=N–C) groups is 1. The molecule has 1 aliphatic heterocycles. The van der Waals surface area contributed by atoms with Crippen molar-refractivity contribution in [3.63, 3.8) is 0 Å². The Balaban J connectivity index is 2.34. The Morgan fingerprint density at radius 2 is 1.48 bits per heavy atom. The van der Waals surface area contributed by atoms with Crippen LogP contribution in [0.2, 0.25) is 0 Å². The van der Waals surface area contributed by atoms with E-state index >= 15 is 0 Å². The lowest BCUT2D eigenvalue weighted by Gasteiger charge is -2.28. The molecule has 0 bridgehead atoms. The molecule has 0 N–H and O–H groups in total. The van der Waals surface area contributed by atoms with E-state index in [1.165, 1.54) is 0 Å². The average molecular weight is 297 g/mol. The van der Waals surface area contributed by atoms with Crippen molar-refractivity contribution in [1.29, 1.82) is 0 Å². The Morgan fingerprint density at radius 3 is 1.95 bits per heavy atom. The van der Waals surface area contributed by atoms with Gasteiger partial charge in [0.05, 0.1) is 16.1 Å². The fourth-order valence-corrected chi connectivity index (χ4v) is 5.27. The van der Waals surface area contributed by atoms with E-state index in [2.05, 4.69) is 11.6 Å². The minimum atomic E-state index is -2.97. The van der Waals surface area contributed by atoms with Crippen LogP contribution in [-0.4, -0.2) is 5.45 Å². The summed E-state index contributed by atoms with van der Waals surface area (Å²) in [6, 6.07) is 14.9. The van der Waals surface area contributed by atoms with Gasteiger partial charge in [0.1, 0.15) is 11.5 Å². The fraction of sp³-hybridized carbons (Fsp3) is 0.118. The molecule has 0 atom stereocenters. The summed E-state index contributed by atoms with van der Waals surface area (Å²) in [5, 5.41) is 1.40. The van der Waals surface area contributed by atoms with Gasteiger partial charge in [0.15, 0.2) is 7.14 Å². The third kappa shape index (κ3) is 2.14. The van der Waals surface area contributed by atoms with Crippen molar-refractivity contribution in [2.75, 3.05) is 0 Å². The predicted octanol–water partition coefficient (Wildman–Crippen LogP) is 4.06. The minimum Gasteiger partial charge on any atom is -0.456 e. The van der Waals surface area contributed by atoms with Gasteiger partial charge in [-0.25, -0.2) is 0 Å². The molecule has 2 aromatic rings. The summed E-state index contributed by atoms with van der Waals surface area (Å²) in [6.07, 6.45) is 0. The zero-order chi connectivity index (χ0) is 15.0. The topological polar surface area (TPSA) is 38.7 Å². The highest BCUT2D eigenvalue weighted by molar-refractivity contribution is 7.93. The van der Waals surface area contributed by atoms with Crippen LogP contribution < -0.4 is 15.3 Å². The summed E-state index contributed by atoms with van der Waals surface area (Å²) in [4.78, 5) is 4.37. The van der Waals surface area contributed by atoms with Crippen molar-refractivity contribution in [3.8, 4) is 11.5 Å². The lowest BCUT2D eigenvalue weighted by molar-refractivity contribution is 0.485. The van der Waals surface area contributed by atoms with Crippen LogP contribution in [0.1, 0.15) is 13.8 Å². The van der Waals surface area contributed by atoms with Gasteiger partial charge in [-0.3, -0.25) is 4.99 Å². The molecule has 0 fully saturated rings. The van der Waals surface area contributed by atoms with E-state index in [1.54, 1.807) is 13.8 Å². The quantitative estimate of drug-likeness (QED) is 0.619. The Morgan fingerprint density at radius 1 is 1.00 bits per heavy atom. The molecule has 2 aromatic carbocycles. The zero-order valence-corrected chi connectivity index (χ0v) is 12.9. The maximum atomic E-state index is 13.9. The SMILES string of the molecule is C=C(C)N=C(C)P1(=O)c2ccccc2Oc2ccccc21. The van der Waals surface area contributed by atoms with E-state index in [0.29, 0.717) is 33.3 Å². The lowest BCUT2D eigenvalue weighted by atomic mass is 10.3. The summed E-state index contributed by atoms with van der Waals surface area (Å²) in [5.41, 5.74) is 1.22. The van der Waals surface area contributed by atoms with Crippen LogP contribution in [0.15, 0.2) is 65.8 Å². The highest BCUT2D eigenvalue weighted by atomic mass is 31.2. The maximum Gasteiger partial charge on any atom is 0.191 e. The van der Waals surface area contributed by atoms with Crippen LogP contribution in [0.3, 0.4) is 0 Å². The largest absolute Gasteiger partial charge is 0.456 e. The molecule has 0 saturated heterocycles. The van der Waals surface area contributed by atoms with E-state index in [-0.39, 0.29) is 0 Å². The van der Waals surface area contributed by atoms with Gasteiger partial charge in [-0.1, -0.05) is 30.8 Å². The Bertz CT molecular complexity index is 758. The predicted molar refractivity (Wildman–Crippen MR) is 87.8 cm³/mol. The zero-order valence-electron chi connectivity index (χ0n) is 12.0. The summed E-state index contributed by atoms with van der Waals surface area (Å²) in [7, 11) is -2.97. The van der Waals surface area contributed by atoms with Crippen molar-refractivity contribution in [2.24, 2.45) is 4.99 Å². The molecule has 0 amide bonds. The summed E-state index contributed by atoms with van der Waals surface area (Å²) >= 11 is 0. The summed E-state index contributed by atoms with van der Waals surface area (Å²) in [6.45, 7) is 7.39. The Kier molecular flexibility index (Phi) is 3.30. The third-order valence-corrected chi connectivity index (χ3v) is 6.54. The van der Waals surface area contributed by atoms with E-state index in [4.69, 9.17) is 4.74 Å². The van der Waals surface area contributed by atoms with E-state index in [1.807, 2.05) is 48.5 Å². The first-order chi connectivity index (χ1) is 10.0.